The second kappa shape index (κ2) is 5.05. The van der Waals surface area contributed by atoms with Crippen LogP contribution in [0, 0.1) is 6.92 Å². The van der Waals surface area contributed by atoms with E-state index in [-0.39, 0.29) is 6.04 Å². The molecule has 2 aromatic rings. The van der Waals surface area contributed by atoms with Gasteiger partial charge in [-0.2, -0.15) is 0 Å². The molecule has 2 aromatic heterocycles. The number of hydrogen-bond donors (Lipinski definition) is 1. The molecule has 1 atom stereocenters. The molecule has 0 aromatic carbocycles. The predicted molar refractivity (Wildman–Crippen MR) is 65.6 cm³/mol. The minimum atomic E-state index is 0.00616. The Balaban J connectivity index is 2.40. The van der Waals surface area contributed by atoms with Crippen molar-refractivity contribution in [2.75, 3.05) is 7.05 Å². The number of nitrogens with zero attached hydrogens (tertiary/aromatic N) is 4. The summed E-state index contributed by atoms with van der Waals surface area (Å²) in [6.07, 6.45) is 5.58. The average Bonchev–Trinajstić information content (AvgIpc) is 2.78. The van der Waals surface area contributed by atoms with Gasteiger partial charge in [-0.3, -0.25) is 0 Å². The molecule has 0 aliphatic rings. The highest BCUT2D eigenvalue weighted by molar-refractivity contribution is 5.17. The molecule has 0 aliphatic heterocycles. The molecule has 90 valence electrons. The Hall–Kier alpha value is -1.75. The zero-order chi connectivity index (χ0) is 12.3. The van der Waals surface area contributed by atoms with Crippen molar-refractivity contribution in [1.82, 2.24) is 24.8 Å². The van der Waals surface area contributed by atoms with Crippen LogP contribution in [0.1, 0.15) is 30.3 Å². The predicted octanol–water partition coefficient (Wildman–Crippen LogP) is 1.31. The number of aromatic nitrogens is 4. The van der Waals surface area contributed by atoms with Crippen molar-refractivity contribution in [1.29, 1.82) is 0 Å². The fourth-order valence-corrected chi connectivity index (χ4v) is 1.89. The van der Waals surface area contributed by atoms with Crippen molar-refractivity contribution in [3.05, 3.63) is 42.0 Å². The maximum absolute atomic E-state index is 4.45. The van der Waals surface area contributed by atoms with E-state index < -0.39 is 0 Å². The summed E-state index contributed by atoms with van der Waals surface area (Å²) in [4.78, 5) is 13.0. The highest BCUT2D eigenvalue weighted by Gasteiger charge is 2.18. The van der Waals surface area contributed by atoms with Crippen molar-refractivity contribution in [3.63, 3.8) is 0 Å². The lowest BCUT2D eigenvalue weighted by Crippen LogP contribution is -2.23. The van der Waals surface area contributed by atoms with Gasteiger partial charge in [0.15, 0.2) is 0 Å². The van der Waals surface area contributed by atoms with Crippen molar-refractivity contribution < 1.29 is 0 Å². The maximum Gasteiger partial charge on any atom is 0.132 e. The van der Waals surface area contributed by atoms with Crippen molar-refractivity contribution in [3.8, 4) is 0 Å². The van der Waals surface area contributed by atoms with Crippen LogP contribution in [0.4, 0.5) is 0 Å². The van der Waals surface area contributed by atoms with Crippen LogP contribution in [0.25, 0.3) is 0 Å². The van der Waals surface area contributed by atoms with E-state index in [2.05, 4.69) is 31.8 Å². The smallest absolute Gasteiger partial charge is 0.132 e. The summed E-state index contributed by atoms with van der Waals surface area (Å²) in [5.41, 5.74) is 0.945. The Morgan fingerprint density at radius 3 is 2.82 bits per heavy atom. The Morgan fingerprint density at radius 2 is 2.18 bits per heavy atom. The molecule has 0 fully saturated rings. The lowest BCUT2D eigenvalue weighted by atomic mass is 10.2. The molecule has 0 saturated heterocycles. The van der Waals surface area contributed by atoms with E-state index in [0.29, 0.717) is 0 Å². The summed E-state index contributed by atoms with van der Waals surface area (Å²) >= 11 is 0. The number of nitrogens with one attached hydrogen (secondary N) is 1. The maximum atomic E-state index is 4.45. The van der Waals surface area contributed by atoms with Crippen molar-refractivity contribution >= 4 is 0 Å². The summed E-state index contributed by atoms with van der Waals surface area (Å²) in [5.74, 6) is 1.76. The van der Waals surface area contributed by atoms with E-state index in [1.807, 2.05) is 32.4 Å². The van der Waals surface area contributed by atoms with E-state index in [9.17, 15) is 0 Å². The lowest BCUT2D eigenvalue weighted by Gasteiger charge is -2.16. The number of imidazole rings is 1. The van der Waals surface area contributed by atoms with Gasteiger partial charge in [-0.25, -0.2) is 15.0 Å². The third-order valence-corrected chi connectivity index (χ3v) is 2.73. The molecule has 5 nitrogen and oxygen atoms in total. The van der Waals surface area contributed by atoms with E-state index in [0.717, 1.165) is 23.9 Å². The number of hydrogen-bond acceptors (Lipinski definition) is 4. The SMILES string of the molecule is CCn1ccnc1C(NC)c1ccnc(C)n1. The molecule has 17 heavy (non-hydrogen) atoms. The largest absolute Gasteiger partial charge is 0.334 e. The van der Waals surface area contributed by atoms with Crippen LogP contribution in [0.15, 0.2) is 24.7 Å². The second-order valence-electron chi connectivity index (χ2n) is 3.82. The van der Waals surface area contributed by atoms with Crippen LogP contribution in [-0.2, 0) is 6.54 Å². The third-order valence-electron chi connectivity index (χ3n) is 2.73. The van der Waals surface area contributed by atoms with Gasteiger partial charge in [0.2, 0.25) is 0 Å². The number of rotatable bonds is 4. The Kier molecular flexibility index (Phi) is 3.49. The molecular weight excluding hydrogens is 214 g/mol. The van der Waals surface area contributed by atoms with Gasteiger partial charge in [-0.1, -0.05) is 0 Å². The topological polar surface area (TPSA) is 55.6 Å². The molecule has 0 saturated carbocycles. The highest BCUT2D eigenvalue weighted by atomic mass is 15.1. The Morgan fingerprint density at radius 1 is 1.35 bits per heavy atom. The standard InChI is InChI=1S/C12H17N5/c1-4-17-8-7-15-12(17)11(13-3)10-5-6-14-9(2)16-10/h5-8,11,13H,4H2,1-3H3. The minimum Gasteiger partial charge on any atom is -0.334 e. The molecule has 0 radical (unpaired) electrons. The number of aryl methyl sites for hydroxylation is 2. The molecule has 0 bridgehead atoms. The van der Waals surface area contributed by atoms with Crippen LogP contribution in [0.3, 0.4) is 0 Å². The van der Waals surface area contributed by atoms with Gasteiger partial charge in [0.25, 0.3) is 0 Å². The molecule has 1 unspecified atom stereocenters. The summed E-state index contributed by atoms with van der Waals surface area (Å²) in [6.45, 7) is 4.89. The van der Waals surface area contributed by atoms with Crippen LogP contribution >= 0.6 is 0 Å². The molecule has 0 spiro atoms. The van der Waals surface area contributed by atoms with Crippen LogP contribution in [0.5, 0.6) is 0 Å². The average molecular weight is 231 g/mol. The van der Waals surface area contributed by atoms with Crippen molar-refractivity contribution in [2.24, 2.45) is 0 Å². The first-order chi connectivity index (χ1) is 8.26. The van der Waals surface area contributed by atoms with Crippen LogP contribution < -0.4 is 5.32 Å². The van der Waals surface area contributed by atoms with Gasteiger partial charge in [0, 0.05) is 25.1 Å². The van der Waals surface area contributed by atoms with Gasteiger partial charge in [0.1, 0.15) is 17.7 Å². The lowest BCUT2D eigenvalue weighted by molar-refractivity contribution is 0.576. The van der Waals surface area contributed by atoms with E-state index in [4.69, 9.17) is 0 Å². The van der Waals surface area contributed by atoms with Gasteiger partial charge in [0.05, 0.1) is 5.69 Å². The Labute approximate surface area is 101 Å². The summed E-state index contributed by atoms with van der Waals surface area (Å²) < 4.78 is 2.11. The highest BCUT2D eigenvalue weighted by Crippen LogP contribution is 2.18. The molecule has 1 N–H and O–H groups in total. The summed E-state index contributed by atoms with van der Waals surface area (Å²) in [5, 5.41) is 3.25. The monoisotopic (exact) mass is 231 g/mol. The molecule has 0 aliphatic carbocycles. The zero-order valence-corrected chi connectivity index (χ0v) is 10.4. The summed E-state index contributed by atoms with van der Waals surface area (Å²) in [7, 11) is 1.91. The van der Waals surface area contributed by atoms with E-state index >= 15 is 0 Å². The normalized spacial score (nSPS) is 12.6. The van der Waals surface area contributed by atoms with Gasteiger partial charge in [-0.05, 0) is 27.0 Å². The first-order valence-corrected chi connectivity index (χ1v) is 5.74. The molecule has 0 amide bonds. The zero-order valence-electron chi connectivity index (χ0n) is 10.4. The summed E-state index contributed by atoms with van der Waals surface area (Å²) in [6, 6.07) is 1.93. The molecule has 2 heterocycles. The first-order valence-electron chi connectivity index (χ1n) is 5.74. The quantitative estimate of drug-likeness (QED) is 0.862. The fraction of sp³-hybridized carbons (Fsp3) is 0.417. The van der Waals surface area contributed by atoms with Crippen LogP contribution in [0.2, 0.25) is 0 Å². The second-order valence-corrected chi connectivity index (χ2v) is 3.82. The molecular formula is C12H17N5. The van der Waals surface area contributed by atoms with Gasteiger partial charge >= 0.3 is 0 Å². The van der Waals surface area contributed by atoms with E-state index in [1.54, 1.807) is 6.20 Å². The first kappa shape index (κ1) is 11.7. The van der Waals surface area contributed by atoms with Crippen LogP contribution in [-0.4, -0.2) is 26.6 Å². The van der Waals surface area contributed by atoms with Crippen molar-refractivity contribution in [2.45, 2.75) is 26.4 Å². The minimum absolute atomic E-state index is 0.00616. The van der Waals surface area contributed by atoms with E-state index in [1.165, 1.54) is 0 Å². The van der Waals surface area contributed by atoms with Gasteiger partial charge < -0.3 is 9.88 Å². The Bertz CT molecular complexity index is 491. The molecule has 5 heteroatoms. The third kappa shape index (κ3) is 2.34. The van der Waals surface area contributed by atoms with Gasteiger partial charge in [-0.15, -0.1) is 0 Å². The molecule has 2 rings (SSSR count). The fourth-order valence-electron chi connectivity index (χ4n) is 1.89.